The summed E-state index contributed by atoms with van der Waals surface area (Å²) in [7, 11) is 1.59. The highest BCUT2D eigenvalue weighted by atomic mass is 16.5. The van der Waals surface area contributed by atoms with Gasteiger partial charge in [-0.05, 0) is 25.1 Å². The van der Waals surface area contributed by atoms with E-state index in [0.717, 1.165) is 5.56 Å². The second-order valence-electron chi connectivity index (χ2n) is 4.96. The largest absolute Gasteiger partial charge is 0.508 e. The third-order valence-corrected chi connectivity index (χ3v) is 3.69. The SMILES string of the molecule is COc1ccc(O)c(CNCC2(O)CCOC2C)c1. The minimum absolute atomic E-state index is 0.168. The fourth-order valence-electron chi connectivity index (χ4n) is 2.25. The first-order valence-electron chi connectivity index (χ1n) is 6.46. The first-order valence-corrected chi connectivity index (χ1v) is 6.46. The number of hydrogen-bond donors (Lipinski definition) is 3. The van der Waals surface area contributed by atoms with Crippen molar-refractivity contribution in [2.24, 2.45) is 0 Å². The van der Waals surface area contributed by atoms with E-state index in [2.05, 4.69) is 5.32 Å². The van der Waals surface area contributed by atoms with Crippen molar-refractivity contribution in [1.82, 2.24) is 5.32 Å². The van der Waals surface area contributed by atoms with Gasteiger partial charge in [-0.3, -0.25) is 0 Å². The molecule has 0 aromatic heterocycles. The van der Waals surface area contributed by atoms with Gasteiger partial charge in [0.25, 0.3) is 0 Å². The fraction of sp³-hybridized carbons (Fsp3) is 0.571. The van der Waals surface area contributed by atoms with Crippen LogP contribution < -0.4 is 10.1 Å². The summed E-state index contributed by atoms with van der Waals surface area (Å²) in [6.45, 7) is 3.37. The molecule has 2 rings (SSSR count). The third kappa shape index (κ3) is 3.18. The molecule has 2 unspecified atom stereocenters. The van der Waals surface area contributed by atoms with Crippen LogP contribution in [0, 0.1) is 0 Å². The molecular weight excluding hydrogens is 246 g/mol. The van der Waals surface area contributed by atoms with Gasteiger partial charge in [0.2, 0.25) is 0 Å². The molecule has 1 aliphatic rings. The standard InChI is InChI=1S/C14H21NO4/c1-10-14(17,5-6-19-10)9-15-8-11-7-12(18-2)3-4-13(11)16/h3-4,7,10,15-17H,5-6,8-9H2,1-2H3. The number of rotatable bonds is 5. The van der Waals surface area contributed by atoms with Crippen molar-refractivity contribution < 1.29 is 19.7 Å². The number of aromatic hydroxyl groups is 1. The van der Waals surface area contributed by atoms with Gasteiger partial charge in [0.05, 0.1) is 13.2 Å². The molecule has 3 N–H and O–H groups in total. The number of ether oxygens (including phenoxy) is 2. The second-order valence-corrected chi connectivity index (χ2v) is 4.96. The average Bonchev–Trinajstić information content (AvgIpc) is 2.72. The lowest BCUT2D eigenvalue weighted by Gasteiger charge is -2.26. The molecule has 0 radical (unpaired) electrons. The van der Waals surface area contributed by atoms with E-state index < -0.39 is 5.60 Å². The van der Waals surface area contributed by atoms with E-state index in [9.17, 15) is 10.2 Å². The zero-order valence-corrected chi connectivity index (χ0v) is 11.3. The first-order chi connectivity index (χ1) is 9.05. The Kier molecular flexibility index (Phi) is 4.29. The predicted octanol–water partition coefficient (Wildman–Crippen LogP) is 1.03. The molecule has 0 amide bonds. The van der Waals surface area contributed by atoms with Crippen LogP contribution in [0.25, 0.3) is 0 Å². The number of nitrogens with one attached hydrogen (secondary N) is 1. The average molecular weight is 267 g/mol. The van der Waals surface area contributed by atoms with Gasteiger partial charge in [0.1, 0.15) is 17.1 Å². The molecule has 0 bridgehead atoms. The molecule has 5 nitrogen and oxygen atoms in total. The highest BCUT2D eigenvalue weighted by Gasteiger charge is 2.38. The number of phenols is 1. The third-order valence-electron chi connectivity index (χ3n) is 3.69. The Morgan fingerprint density at radius 1 is 1.53 bits per heavy atom. The molecule has 1 saturated heterocycles. The summed E-state index contributed by atoms with van der Waals surface area (Å²) in [5.74, 6) is 0.918. The van der Waals surface area contributed by atoms with Crippen LogP contribution in [0.3, 0.4) is 0 Å². The molecule has 1 fully saturated rings. The number of benzene rings is 1. The smallest absolute Gasteiger partial charge is 0.120 e. The quantitative estimate of drug-likeness (QED) is 0.743. The van der Waals surface area contributed by atoms with E-state index in [4.69, 9.17) is 9.47 Å². The van der Waals surface area contributed by atoms with Crippen LogP contribution >= 0.6 is 0 Å². The molecule has 0 spiro atoms. The lowest BCUT2D eigenvalue weighted by atomic mass is 9.96. The van der Waals surface area contributed by atoms with Gasteiger partial charge in [0, 0.05) is 31.7 Å². The van der Waals surface area contributed by atoms with Gasteiger partial charge in [-0.15, -0.1) is 0 Å². The lowest BCUT2D eigenvalue weighted by molar-refractivity contribution is -0.0263. The van der Waals surface area contributed by atoms with Crippen molar-refractivity contribution in [3.05, 3.63) is 23.8 Å². The Morgan fingerprint density at radius 2 is 2.32 bits per heavy atom. The summed E-state index contributed by atoms with van der Waals surface area (Å²) in [5, 5.41) is 23.3. The maximum Gasteiger partial charge on any atom is 0.120 e. The minimum Gasteiger partial charge on any atom is -0.508 e. The minimum atomic E-state index is -0.825. The monoisotopic (exact) mass is 267 g/mol. The maximum atomic E-state index is 10.3. The van der Waals surface area contributed by atoms with Crippen molar-refractivity contribution in [1.29, 1.82) is 0 Å². The molecule has 5 heteroatoms. The molecule has 0 aliphatic carbocycles. The Hall–Kier alpha value is -1.30. The zero-order chi connectivity index (χ0) is 13.9. The van der Waals surface area contributed by atoms with Crippen molar-refractivity contribution in [2.45, 2.75) is 31.6 Å². The van der Waals surface area contributed by atoms with Crippen LogP contribution in [0.4, 0.5) is 0 Å². The molecule has 1 aliphatic heterocycles. The van der Waals surface area contributed by atoms with Crippen LogP contribution in [0.2, 0.25) is 0 Å². The Bertz CT molecular complexity index is 437. The van der Waals surface area contributed by atoms with E-state index in [1.54, 1.807) is 25.3 Å². The van der Waals surface area contributed by atoms with E-state index in [1.165, 1.54) is 0 Å². The highest BCUT2D eigenvalue weighted by molar-refractivity contribution is 5.39. The van der Waals surface area contributed by atoms with Gasteiger partial charge in [-0.2, -0.15) is 0 Å². The summed E-state index contributed by atoms with van der Waals surface area (Å²) < 4.78 is 10.5. The van der Waals surface area contributed by atoms with Crippen LogP contribution in [0.15, 0.2) is 18.2 Å². The molecule has 106 valence electrons. The van der Waals surface area contributed by atoms with Crippen LogP contribution in [-0.2, 0) is 11.3 Å². The fourth-order valence-corrected chi connectivity index (χ4v) is 2.25. The number of phenolic OH excluding ortho intramolecular Hbond substituents is 1. The summed E-state index contributed by atoms with van der Waals surface area (Å²) in [6.07, 6.45) is 0.463. The Morgan fingerprint density at radius 3 is 2.95 bits per heavy atom. The molecule has 1 heterocycles. The molecule has 0 saturated carbocycles. The van der Waals surface area contributed by atoms with E-state index in [-0.39, 0.29) is 11.9 Å². The zero-order valence-electron chi connectivity index (χ0n) is 11.3. The normalized spacial score (nSPS) is 26.6. The number of methoxy groups -OCH3 is 1. The summed E-state index contributed by atoms with van der Waals surface area (Å²) in [5.41, 5.74) is -0.0800. The summed E-state index contributed by atoms with van der Waals surface area (Å²) in [4.78, 5) is 0. The molecule has 2 atom stereocenters. The summed E-state index contributed by atoms with van der Waals surface area (Å²) >= 11 is 0. The molecular formula is C14H21NO4. The van der Waals surface area contributed by atoms with Gasteiger partial charge < -0.3 is 25.0 Å². The number of hydrogen-bond acceptors (Lipinski definition) is 5. The highest BCUT2D eigenvalue weighted by Crippen LogP contribution is 2.26. The van der Waals surface area contributed by atoms with Gasteiger partial charge >= 0.3 is 0 Å². The van der Waals surface area contributed by atoms with Crippen molar-refractivity contribution in [3.8, 4) is 11.5 Å². The molecule has 19 heavy (non-hydrogen) atoms. The van der Waals surface area contributed by atoms with Gasteiger partial charge in [-0.1, -0.05) is 0 Å². The van der Waals surface area contributed by atoms with E-state index >= 15 is 0 Å². The van der Waals surface area contributed by atoms with E-state index in [0.29, 0.717) is 31.9 Å². The van der Waals surface area contributed by atoms with Crippen LogP contribution in [0.5, 0.6) is 11.5 Å². The predicted molar refractivity (Wildman–Crippen MR) is 71.3 cm³/mol. The summed E-state index contributed by atoms with van der Waals surface area (Å²) in [6, 6.07) is 5.09. The Labute approximate surface area is 113 Å². The van der Waals surface area contributed by atoms with Crippen LogP contribution in [0.1, 0.15) is 18.9 Å². The van der Waals surface area contributed by atoms with E-state index in [1.807, 2.05) is 6.92 Å². The van der Waals surface area contributed by atoms with Crippen molar-refractivity contribution >= 4 is 0 Å². The molecule has 1 aromatic rings. The maximum absolute atomic E-state index is 10.3. The lowest BCUT2D eigenvalue weighted by Crippen LogP contribution is -2.45. The topological polar surface area (TPSA) is 71.0 Å². The van der Waals surface area contributed by atoms with Crippen LogP contribution in [-0.4, -0.2) is 42.2 Å². The second kappa shape index (κ2) is 5.77. The number of aliphatic hydroxyl groups is 1. The Balaban J connectivity index is 1.92. The van der Waals surface area contributed by atoms with Gasteiger partial charge in [0.15, 0.2) is 0 Å². The van der Waals surface area contributed by atoms with Crippen molar-refractivity contribution in [2.75, 3.05) is 20.3 Å². The first kappa shape index (κ1) is 14.1. The van der Waals surface area contributed by atoms with Gasteiger partial charge in [-0.25, -0.2) is 0 Å². The van der Waals surface area contributed by atoms with Crippen molar-refractivity contribution in [3.63, 3.8) is 0 Å². The molecule has 1 aromatic carbocycles.